The SMILES string of the molecule is Cc1cc(Br)cc(C)c1OCC(=O)Nc1ccccc1C(=O)N1CCN(C(c2ccccc2)c2ccccc2)CC1. The number of para-hydroxylation sites is 1. The molecule has 7 heteroatoms. The van der Waals surface area contributed by atoms with Crippen LogP contribution in [-0.2, 0) is 4.79 Å². The van der Waals surface area contributed by atoms with Crippen LogP contribution in [0.4, 0.5) is 5.69 Å². The molecule has 2 amide bonds. The average Bonchev–Trinajstić information content (AvgIpc) is 2.98. The summed E-state index contributed by atoms with van der Waals surface area (Å²) < 4.78 is 6.81. The lowest BCUT2D eigenvalue weighted by Crippen LogP contribution is -2.50. The minimum Gasteiger partial charge on any atom is -0.483 e. The van der Waals surface area contributed by atoms with Crippen molar-refractivity contribution in [1.29, 1.82) is 0 Å². The zero-order valence-corrected chi connectivity index (χ0v) is 24.9. The van der Waals surface area contributed by atoms with Crippen LogP contribution in [0, 0.1) is 13.8 Å². The minimum atomic E-state index is -0.314. The highest BCUT2D eigenvalue weighted by molar-refractivity contribution is 9.10. The number of nitrogens with zero attached hydrogens (tertiary/aromatic N) is 2. The fourth-order valence-electron chi connectivity index (χ4n) is 5.47. The van der Waals surface area contributed by atoms with Crippen molar-refractivity contribution in [2.24, 2.45) is 0 Å². The Morgan fingerprint density at radius 1 is 0.805 bits per heavy atom. The lowest BCUT2D eigenvalue weighted by atomic mass is 9.96. The molecule has 210 valence electrons. The number of benzene rings is 4. The molecule has 0 saturated carbocycles. The van der Waals surface area contributed by atoms with Crippen molar-refractivity contribution < 1.29 is 14.3 Å². The van der Waals surface area contributed by atoms with Crippen molar-refractivity contribution in [2.45, 2.75) is 19.9 Å². The minimum absolute atomic E-state index is 0.0861. The molecule has 5 rings (SSSR count). The van der Waals surface area contributed by atoms with Crippen LogP contribution < -0.4 is 10.1 Å². The summed E-state index contributed by atoms with van der Waals surface area (Å²) in [5.41, 5.74) is 5.34. The van der Waals surface area contributed by atoms with Crippen LogP contribution in [0.1, 0.15) is 38.7 Å². The summed E-state index contributed by atoms with van der Waals surface area (Å²) in [6, 6.07) is 32.2. The maximum atomic E-state index is 13.6. The van der Waals surface area contributed by atoms with Crippen LogP contribution in [0.15, 0.2) is 102 Å². The maximum absolute atomic E-state index is 13.6. The highest BCUT2D eigenvalue weighted by Crippen LogP contribution is 2.30. The van der Waals surface area contributed by atoms with Gasteiger partial charge in [-0.2, -0.15) is 0 Å². The standard InChI is InChI=1S/C34H34BrN3O3/c1-24-21-28(35)22-25(2)33(24)41-23-31(39)36-30-16-10-9-15-29(30)34(40)38-19-17-37(18-20-38)32(26-11-5-3-6-12-26)27-13-7-4-8-14-27/h3-16,21-22,32H,17-20,23H2,1-2H3,(H,36,39). The maximum Gasteiger partial charge on any atom is 0.262 e. The first-order chi connectivity index (χ1) is 19.9. The van der Waals surface area contributed by atoms with E-state index >= 15 is 0 Å². The van der Waals surface area contributed by atoms with Crippen LogP contribution >= 0.6 is 15.9 Å². The molecule has 4 aromatic rings. The molecule has 0 unspecified atom stereocenters. The number of ether oxygens (including phenoxy) is 1. The summed E-state index contributed by atoms with van der Waals surface area (Å²) in [6.07, 6.45) is 0. The van der Waals surface area contributed by atoms with E-state index in [1.807, 2.05) is 55.1 Å². The number of hydrogen-bond acceptors (Lipinski definition) is 4. The molecular formula is C34H34BrN3O3. The number of piperazine rings is 1. The van der Waals surface area contributed by atoms with E-state index in [-0.39, 0.29) is 24.5 Å². The largest absolute Gasteiger partial charge is 0.483 e. The van der Waals surface area contributed by atoms with Gasteiger partial charge in [-0.25, -0.2) is 0 Å². The number of rotatable bonds is 8. The summed E-state index contributed by atoms with van der Waals surface area (Å²) in [6.45, 7) is 6.43. The normalized spacial score (nSPS) is 13.7. The molecule has 0 radical (unpaired) electrons. The van der Waals surface area contributed by atoms with Gasteiger partial charge in [0.25, 0.3) is 11.8 Å². The first kappa shape index (κ1) is 28.6. The van der Waals surface area contributed by atoms with Crippen LogP contribution in [0.3, 0.4) is 0 Å². The Labute approximate surface area is 250 Å². The zero-order chi connectivity index (χ0) is 28.8. The van der Waals surface area contributed by atoms with Crippen molar-refractivity contribution in [2.75, 3.05) is 38.1 Å². The van der Waals surface area contributed by atoms with E-state index in [1.165, 1.54) is 11.1 Å². The molecule has 0 spiro atoms. The van der Waals surface area contributed by atoms with Crippen LogP contribution in [0.2, 0.25) is 0 Å². The van der Waals surface area contributed by atoms with Gasteiger partial charge < -0.3 is 15.0 Å². The topological polar surface area (TPSA) is 61.9 Å². The number of amides is 2. The molecular weight excluding hydrogens is 578 g/mol. The molecule has 1 saturated heterocycles. The van der Waals surface area contributed by atoms with Crippen LogP contribution in [0.5, 0.6) is 5.75 Å². The fourth-order valence-corrected chi connectivity index (χ4v) is 6.15. The molecule has 1 heterocycles. The van der Waals surface area contributed by atoms with Crippen molar-refractivity contribution in [3.05, 3.63) is 129 Å². The highest BCUT2D eigenvalue weighted by Gasteiger charge is 2.29. The lowest BCUT2D eigenvalue weighted by Gasteiger charge is -2.40. The summed E-state index contributed by atoms with van der Waals surface area (Å²) in [5, 5.41) is 2.89. The molecule has 0 atom stereocenters. The lowest BCUT2D eigenvalue weighted by molar-refractivity contribution is -0.118. The third-order valence-electron chi connectivity index (χ3n) is 7.40. The number of carbonyl (C=O) groups is 2. The Hall–Kier alpha value is -3.94. The van der Waals surface area contributed by atoms with Gasteiger partial charge in [0.1, 0.15) is 5.75 Å². The number of anilines is 1. The number of halogens is 1. The Morgan fingerprint density at radius 3 is 1.93 bits per heavy atom. The Bertz CT molecular complexity index is 1440. The summed E-state index contributed by atoms with van der Waals surface area (Å²) in [7, 11) is 0. The first-order valence-electron chi connectivity index (χ1n) is 13.8. The number of aryl methyl sites for hydroxylation is 2. The van der Waals surface area contributed by atoms with Crippen molar-refractivity contribution in [3.63, 3.8) is 0 Å². The van der Waals surface area contributed by atoms with Crippen LogP contribution in [0.25, 0.3) is 0 Å². The second-order valence-corrected chi connectivity index (χ2v) is 11.2. The Morgan fingerprint density at radius 2 is 1.34 bits per heavy atom. The second-order valence-electron chi connectivity index (χ2n) is 10.3. The van der Waals surface area contributed by atoms with E-state index in [1.54, 1.807) is 12.1 Å². The predicted molar refractivity (Wildman–Crippen MR) is 166 cm³/mol. The van der Waals surface area contributed by atoms with Gasteiger partial charge in [0.05, 0.1) is 17.3 Å². The third kappa shape index (κ3) is 6.87. The summed E-state index contributed by atoms with van der Waals surface area (Å²) in [5.74, 6) is 0.289. The molecule has 4 aromatic carbocycles. The van der Waals surface area contributed by atoms with E-state index in [9.17, 15) is 9.59 Å². The summed E-state index contributed by atoms with van der Waals surface area (Å²) >= 11 is 3.48. The van der Waals surface area contributed by atoms with Gasteiger partial charge in [0.15, 0.2) is 6.61 Å². The first-order valence-corrected chi connectivity index (χ1v) is 14.6. The van der Waals surface area contributed by atoms with Gasteiger partial charge in [-0.1, -0.05) is 88.7 Å². The monoisotopic (exact) mass is 611 g/mol. The highest BCUT2D eigenvalue weighted by atomic mass is 79.9. The fraction of sp³-hybridized carbons (Fsp3) is 0.235. The van der Waals surface area contributed by atoms with E-state index in [2.05, 4.69) is 74.7 Å². The van der Waals surface area contributed by atoms with Crippen molar-refractivity contribution in [3.8, 4) is 5.75 Å². The van der Waals surface area contributed by atoms with Gasteiger partial charge in [-0.3, -0.25) is 14.5 Å². The van der Waals surface area contributed by atoms with E-state index in [0.717, 1.165) is 28.7 Å². The van der Waals surface area contributed by atoms with Gasteiger partial charge >= 0.3 is 0 Å². The molecule has 41 heavy (non-hydrogen) atoms. The number of hydrogen-bond donors (Lipinski definition) is 1. The van der Waals surface area contributed by atoms with Crippen molar-refractivity contribution in [1.82, 2.24) is 9.80 Å². The number of carbonyl (C=O) groups excluding carboxylic acids is 2. The molecule has 0 aliphatic carbocycles. The summed E-state index contributed by atoms with van der Waals surface area (Å²) in [4.78, 5) is 30.8. The smallest absolute Gasteiger partial charge is 0.262 e. The van der Waals surface area contributed by atoms with Crippen molar-refractivity contribution >= 4 is 33.4 Å². The van der Waals surface area contributed by atoms with Gasteiger partial charge in [0.2, 0.25) is 0 Å². The number of nitrogens with one attached hydrogen (secondary N) is 1. The molecule has 1 aliphatic heterocycles. The molecule has 1 aliphatic rings. The van der Waals surface area contributed by atoms with Crippen LogP contribution in [-0.4, -0.2) is 54.4 Å². The van der Waals surface area contributed by atoms with E-state index in [0.29, 0.717) is 30.1 Å². The average molecular weight is 613 g/mol. The Kier molecular flexibility index (Phi) is 9.17. The Balaban J connectivity index is 1.24. The molecule has 0 bridgehead atoms. The quantitative estimate of drug-likeness (QED) is 0.243. The van der Waals surface area contributed by atoms with Gasteiger partial charge in [-0.15, -0.1) is 0 Å². The second kappa shape index (κ2) is 13.1. The molecule has 1 fully saturated rings. The van der Waals surface area contributed by atoms with Gasteiger partial charge in [-0.05, 0) is 60.4 Å². The van der Waals surface area contributed by atoms with Gasteiger partial charge in [0, 0.05) is 30.7 Å². The zero-order valence-electron chi connectivity index (χ0n) is 23.3. The van der Waals surface area contributed by atoms with E-state index < -0.39 is 0 Å². The third-order valence-corrected chi connectivity index (χ3v) is 7.86. The molecule has 1 N–H and O–H groups in total. The predicted octanol–water partition coefficient (Wildman–Crippen LogP) is 6.63. The molecule has 6 nitrogen and oxygen atoms in total. The van der Waals surface area contributed by atoms with E-state index in [4.69, 9.17) is 4.74 Å². The molecule has 0 aromatic heterocycles.